The summed E-state index contributed by atoms with van der Waals surface area (Å²) in [6.45, 7) is 4.22. The molecule has 0 radical (unpaired) electrons. The van der Waals surface area contributed by atoms with Crippen molar-refractivity contribution in [3.05, 3.63) is 47.2 Å². The lowest BCUT2D eigenvalue weighted by Gasteiger charge is -2.26. The Balaban J connectivity index is 1.68. The minimum atomic E-state index is -0.828. The van der Waals surface area contributed by atoms with E-state index in [1.165, 1.54) is 38.4 Å². The number of carbonyl (C=O) groups is 1. The summed E-state index contributed by atoms with van der Waals surface area (Å²) in [5.41, 5.74) is 2.85. The van der Waals surface area contributed by atoms with Gasteiger partial charge in [-0.15, -0.1) is 0 Å². The van der Waals surface area contributed by atoms with Crippen molar-refractivity contribution in [3.63, 3.8) is 0 Å². The van der Waals surface area contributed by atoms with Crippen molar-refractivity contribution in [2.24, 2.45) is 0 Å². The fourth-order valence-electron chi connectivity index (χ4n) is 3.77. The maximum atomic E-state index is 12.5. The van der Waals surface area contributed by atoms with Crippen LogP contribution in [0.1, 0.15) is 71.8 Å². The van der Waals surface area contributed by atoms with Gasteiger partial charge in [0, 0.05) is 17.4 Å². The summed E-state index contributed by atoms with van der Waals surface area (Å²) in [6.07, 6.45) is 6.90. The van der Waals surface area contributed by atoms with Crippen molar-refractivity contribution >= 4 is 5.91 Å². The largest absolute Gasteiger partial charge is 0.467 e. The Morgan fingerprint density at radius 1 is 1.38 bits per heavy atom. The van der Waals surface area contributed by atoms with E-state index in [1.807, 2.05) is 13.0 Å². The third-order valence-corrected chi connectivity index (χ3v) is 5.00. The summed E-state index contributed by atoms with van der Waals surface area (Å²) >= 11 is 0. The summed E-state index contributed by atoms with van der Waals surface area (Å²) in [5.74, 6) is 0.318. The summed E-state index contributed by atoms with van der Waals surface area (Å²) < 4.78 is 7.47. The number of aliphatic hydroxyl groups is 1. The molecule has 0 aliphatic heterocycles. The molecule has 0 aromatic carbocycles. The van der Waals surface area contributed by atoms with Crippen LogP contribution in [0.4, 0.5) is 0 Å². The van der Waals surface area contributed by atoms with E-state index in [9.17, 15) is 9.90 Å². The van der Waals surface area contributed by atoms with E-state index in [2.05, 4.69) is 16.8 Å². The number of aliphatic hydroxyl groups excluding tert-OH is 1. The molecular formula is C19H26N2O3. The predicted molar refractivity (Wildman–Crippen MR) is 92.0 cm³/mol. The van der Waals surface area contributed by atoms with Gasteiger partial charge < -0.3 is 19.4 Å². The highest BCUT2D eigenvalue weighted by molar-refractivity contribution is 5.95. The zero-order valence-corrected chi connectivity index (χ0v) is 14.4. The van der Waals surface area contributed by atoms with Gasteiger partial charge in [-0.2, -0.15) is 0 Å². The van der Waals surface area contributed by atoms with Crippen LogP contribution in [0.2, 0.25) is 0 Å². The molecule has 2 N–H and O–H groups in total. The van der Waals surface area contributed by atoms with E-state index >= 15 is 0 Å². The summed E-state index contributed by atoms with van der Waals surface area (Å²) in [6, 6.07) is 5.89. The highest BCUT2D eigenvalue weighted by Gasteiger charge is 2.23. The van der Waals surface area contributed by atoms with E-state index in [4.69, 9.17) is 4.42 Å². The van der Waals surface area contributed by atoms with Gasteiger partial charge in [0.25, 0.3) is 5.91 Å². The average Bonchev–Trinajstić information content (AvgIpc) is 3.21. The molecule has 2 aromatic rings. The van der Waals surface area contributed by atoms with Crippen LogP contribution in [-0.2, 0) is 0 Å². The quantitative estimate of drug-likeness (QED) is 0.879. The smallest absolute Gasteiger partial charge is 0.253 e. The third-order valence-electron chi connectivity index (χ3n) is 5.00. The van der Waals surface area contributed by atoms with Crippen molar-refractivity contribution < 1.29 is 14.3 Å². The molecule has 3 rings (SSSR count). The molecule has 130 valence electrons. The molecule has 5 nitrogen and oxygen atoms in total. The molecule has 1 aliphatic rings. The van der Waals surface area contributed by atoms with E-state index in [0.29, 0.717) is 17.4 Å². The maximum absolute atomic E-state index is 12.5. The second-order valence-electron chi connectivity index (χ2n) is 6.69. The van der Waals surface area contributed by atoms with E-state index in [-0.39, 0.29) is 12.5 Å². The van der Waals surface area contributed by atoms with Gasteiger partial charge in [-0.3, -0.25) is 4.79 Å². The number of carbonyl (C=O) groups excluding carboxylic acids is 1. The van der Waals surface area contributed by atoms with Gasteiger partial charge in [0.2, 0.25) is 0 Å². The first-order valence-corrected chi connectivity index (χ1v) is 8.76. The lowest BCUT2D eigenvalue weighted by Crippen LogP contribution is -2.28. The molecule has 24 heavy (non-hydrogen) atoms. The molecule has 0 bridgehead atoms. The van der Waals surface area contributed by atoms with Crippen molar-refractivity contribution in [1.29, 1.82) is 0 Å². The molecular weight excluding hydrogens is 304 g/mol. The predicted octanol–water partition coefficient (Wildman–Crippen LogP) is 3.67. The van der Waals surface area contributed by atoms with Crippen LogP contribution in [-0.4, -0.2) is 22.1 Å². The molecule has 1 saturated carbocycles. The average molecular weight is 330 g/mol. The zero-order valence-electron chi connectivity index (χ0n) is 14.4. The number of rotatable bonds is 5. The van der Waals surface area contributed by atoms with Crippen LogP contribution < -0.4 is 5.32 Å². The minimum absolute atomic E-state index is 0.138. The van der Waals surface area contributed by atoms with E-state index < -0.39 is 6.10 Å². The maximum Gasteiger partial charge on any atom is 0.253 e. The van der Waals surface area contributed by atoms with Gasteiger partial charge in [0.05, 0.1) is 18.4 Å². The highest BCUT2D eigenvalue weighted by Crippen LogP contribution is 2.32. The highest BCUT2D eigenvalue weighted by atomic mass is 16.4. The zero-order chi connectivity index (χ0) is 17.1. The Kier molecular flexibility index (Phi) is 5.09. The van der Waals surface area contributed by atoms with Crippen LogP contribution in [0.5, 0.6) is 0 Å². The third kappa shape index (κ3) is 3.41. The summed E-state index contributed by atoms with van der Waals surface area (Å²) in [4.78, 5) is 12.5. The SMILES string of the molecule is Cc1cc(C(=O)NCC(O)c2ccco2)c(C)n1C1CCCCC1. The number of nitrogens with one attached hydrogen (secondary N) is 1. The standard InChI is InChI=1S/C19H26N2O3/c1-13-11-16(14(2)21(13)15-7-4-3-5-8-15)19(23)20-12-17(22)18-9-6-10-24-18/h6,9-11,15,17,22H,3-5,7-8,12H2,1-2H3,(H,20,23). The number of aryl methyl sites for hydroxylation is 1. The van der Waals surface area contributed by atoms with E-state index in [0.717, 1.165) is 11.4 Å². The van der Waals surface area contributed by atoms with Crippen molar-refractivity contribution in [2.45, 2.75) is 58.1 Å². The van der Waals surface area contributed by atoms with Crippen LogP contribution in [0.15, 0.2) is 28.9 Å². The van der Waals surface area contributed by atoms with Crippen molar-refractivity contribution in [1.82, 2.24) is 9.88 Å². The Bertz CT molecular complexity index is 682. The van der Waals surface area contributed by atoms with Crippen molar-refractivity contribution in [3.8, 4) is 0 Å². The second kappa shape index (κ2) is 7.26. The Hall–Kier alpha value is -2.01. The van der Waals surface area contributed by atoms with Crippen LogP contribution in [0.3, 0.4) is 0 Å². The number of hydrogen-bond donors (Lipinski definition) is 2. The Morgan fingerprint density at radius 3 is 2.79 bits per heavy atom. The minimum Gasteiger partial charge on any atom is -0.467 e. The number of amides is 1. The topological polar surface area (TPSA) is 67.4 Å². The molecule has 0 spiro atoms. The normalized spacial score (nSPS) is 17.0. The lowest BCUT2D eigenvalue weighted by molar-refractivity contribution is 0.0900. The molecule has 2 aromatic heterocycles. The molecule has 5 heteroatoms. The van der Waals surface area contributed by atoms with Gasteiger partial charge in [-0.05, 0) is 44.9 Å². The van der Waals surface area contributed by atoms with Crippen LogP contribution in [0.25, 0.3) is 0 Å². The molecule has 1 aliphatic carbocycles. The molecule has 1 fully saturated rings. The number of aromatic nitrogens is 1. The van der Waals surface area contributed by atoms with Gasteiger partial charge in [-0.1, -0.05) is 19.3 Å². The molecule has 1 amide bonds. The number of furan rings is 1. The first-order chi connectivity index (χ1) is 11.6. The molecule has 0 saturated heterocycles. The first kappa shape index (κ1) is 16.8. The van der Waals surface area contributed by atoms with Gasteiger partial charge in [-0.25, -0.2) is 0 Å². The Labute approximate surface area is 142 Å². The van der Waals surface area contributed by atoms with Crippen LogP contribution in [0, 0.1) is 13.8 Å². The second-order valence-corrected chi connectivity index (χ2v) is 6.69. The lowest BCUT2D eigenvalue weighted by atomic mass is 9.95. The number of hydrogen-bond acceptors (Lipinski definition) is 3. The summed E-state index contributed by atoms with van der Waals surface area (Å²) in [7, 11) is 0. The monoisotopic (exact) mass is 330 g/mol. The van der Waals surface area contributed by atoms with E-state index in [1.54, 1.807) is 12.1 Å². The molecule has 1 atom stereocenters. The summed E-state index contributed by atoms with van der Waals surface area (Å²) in [5, 5.41) is 12.8. The van der Waals surface area contributed by atoms with Crippen LogP contribution >= 0.6 is 0 Å². The van der Waals surface area contributed by atoms with Gasteiger partial charge >= 0.3 is 0 Å². The number of nitrogens with zero attached hydrogens (tertiary/aromatic N) is 1. The first-order valence-electron chi connectivity index (χ1n) is 8.76. The fraction of sp³-hybridized carbons (Fsp3) is 0.526. The van der Waals surface area contributed by atoms with Gasteiger partial charge in [0.1, 0.15) is 11.9 Å². The fourth-order valence-corrected chi connectivity index (χ4v) is 3.77. The van der Waals surface area contributed by atoms with Crippen molar-refractivity contribution in [2.75, 3.05) is 6.54 Å². The molecule has 1 unspecified atom stereocenters. The van der Waals surface area contributed by atoms with Gasteiger partial charge in [0.15, 0.2) is 0 Å². The molecule has 2 heterocycles. The Morgan fingerprint density at radius 2 is 2.12 bits per heavy atom.